The summed E-state index contributed by atoms with van der Waals surface area (Å²) in [6.45, 7) is 0.814. The van der Waals surface area contributed by atoms with Crippen LogP contribution in [0.25, 0.3) is 0 Å². The van der Waals surface area contributed by atoms with Crippen LogP contribution in [0.2, 0.25) is 0 Å². The van der Waals surface area contributed by atoms with E-state index in [0.717, 1.165) is 0 Å². The van der Waals surface area contributed by atoms with Crippen LogP contribution in [-0.2, 0) is 14.2 Å². The number of hydrogen-bond donors (Lipinski definition) is 7. The molecule has 0 unspecified atom stereocenters. The van der Waals surface area contributed by atoms with E-state index in [1.54, 1.807) is 0 Å². The lowest BCUT2D eigenvalue weighted by atomic mass is 9.97. The minimum absolute atomic E-state index is 0.628. The van der Waals surface area contributed by atoms with E-state index in [1.807, 2.05) is 0 Å². The molecule has 0 aromatic carbocycles. The summed E-state index contributed by atoms with van der Waals surface area (Å²) in [4.78, 5) is 0. The average molecular weight is 326 g/mol. The summed E-state index contributed by atoms with van der Waals surface area (Å²) in [6, 6.07) is 0. The Balaban J connectivity index is 2.10. The Kier molecular flexibility index (Phi) is 5.72. The summed E-state index contributed by atoms with van der Waals surface area (Å²) in [5.41, 5.74) is 0. The van der Waals surface area contributed by atoms with Gasteiger partial charge in [-0.05, 0) is 6.92 Å². The average Bonchev–Trinajstić information content (AvgIpc) is 2.50. The third kappa shape index (κ3) is 3.26. The number of ether oxygens (including phenoxy) is 3. The van der Waals surface area contributed by atoms with Gasteiger partial charge in [-0.2, -0.15) is 0 Å². The topological polar surface area (TPSA) is 169 Å². The molecule has 0 aromatic heterocycles. The first-order chi connectivity index (χ1) is 10.3. The molecule has 10 atom stereocenters. The lowest BCUT2D eigenvalue weighted by Gasteiger charge is -2.44. The minimum Gasteiger partial charge on any atom is -0.394 e. The molecule has 7 N–H and O–H groups in total. The summed E-state index contributed by atoms with van der Waals surface area (Å²) in [6.07, 6.45) is -14.3. The monoisotopic (exact) mass is 326 g/mol. The van der Waals surface area contributed by atoms with Crippen molar-refractivity contribution in [2.45, 2.75) is 68.3 Å². The highest BCUT2D eigenvalue weighted by Crippen LogP contribution is 2.28. The van der Waals surface area contributed by atoms with Crippen molar-refractivity contribution < 1.29 is 50.0 Å². The van der Waals surface area contributed by atoms with Gasteiger partial charge in [0.2, 0.25) is 0 Å². The molecule has 2 aliphatic rings. The SMILES string of the molecule is C[C@@H]1O[C@H](O[C@@H]2[C@@H](O)[C@@H](O)O[C@H](CO)[C@@H]2O)[C@@H](O)[C@H](O)[C@@H]1O. The van der Waals surface area contributed by atoms with Crippen LogP contribution in [0.4, 0.5) is 0 Å². The Labute approximate surface area is 126 Å². The Morgan fingerprint density at radius 2 is 1.45 bits per heavy atom. The van der Waals surface area contributed by atoms with Crippen molar-refractivity contribution in [2.24, 2.45) is 0 Å². The zero-order valence-electron chi connectivity index (χ0n) is 11.8. The van der Waals surface area contributed by atoms with E-state index in [-0.39, 0.29) is 0 Å². The first-order valence-corrected chi connectivity index (χ1v) is 6.93. The number of hydrogen-bond acceptors (Lipinski definition) is 10. The molecule has 2 rings (SSSR count). The van der Waals surface area contributed by atoms with Gasteiger partial charge in [-0.1, -0.05) is 0 Å². The summed E-state index contributed by atoms with van der Waals surface area (Å²) in [5.74, 6) is 0. The maximum Gasteiger partial charge on any atom is 0.187 e. The van der Waals surface area contributed by atoms with Gasteiger partial charge in [-0.25, -0.2) is 0 Å². The van der Waals surface area contributed by atoms with Crippen LogP contribution >= 0.6 is 0 Å². The molecule has 0 aromatic rings. The fourth-order valence-corrected chi connectivity index (χ4v) is 2.51. The van der Waals surface area contributed by atoms with Crippen LogP contribution in [-0.4, -0.2) is 104 Å². The van der Waals surface area contributed by atoms with Crippen molar-refractivity contribution in [2.75, 3.05) is 6.61 Å². The Morgan fingerprint density at radius 3 is 2.05 bits per heavy atom. The van der Waals surface area contributed by atoms with Crippen molar-refractivity contribution in [1.82, 2.24) is 0 Å². The van der Waals surface area contributed by atoms with Gasteiger partial charge in [-0.3, -0.25) is 0 Å². The molecule has 22 heavy (non-hydrogen) atoms. The van der Waals surface area contributed by atoms with Crippen LogP contribution in [0.1, 0.15) is 6.92 Å². The second-order valence-corrected chi connectivity index (χ2v) is 5.51. The van der Waals surface area contributed by atoms with E-state index in [0.29, 0.717) is 0 Å². The zero-order valence-corrected chi connectivity index (χ0v) is 11.8. The van der Waals surface area contributed by atoms with Crippen molar-refractivity contribution in [1.29, 1.82) is 0 Å². The third-order valence-corrected chi connectivity index (χ3v) is 3.94. The highest BCUT2D eigenvalue weighted by molar-refractivity contribution is 4.93. The lowest BCUT2D eigenvalue weighted by Crippen LogP contribution is -2.63. The molecule has 0 bridgehead atoms. The summed E-state index contributed by atoms with van der Waals surface area (Å²) >= 11 is 0. The largest absolute Gasteiger partial charge is 0.394 e. The number of aliphatic hydroxyl groups excluding tert-OH is 7. The van der Waals surface area contributed by atoms with Crippen molar-refractivity contribution in [3.8, 4) is 0 Å². The molecule has 0 spiro atoms. The Hall–Kier alpha value is -0.400. The normalized spacial score (nSPS) is 53.5. The molecule has 130 valence electrons. The molecule has 10 nitrogen and oxygen atoms in total. The van der Waals surface area contributed by atoms with Crippen molar-refractivity contribution >= 4 is 0 Å². The molecular weight excluding hydrogens is 304 g/mol. The fraction of sp³-hybridized carbons (Fsp3) is 1.00. The Bertz CT molecular complexity index is 368. The van der Waals surface area contributed by atoms with Gasteiger partial charge in [-0.15, -0.1) is 0 Å². The van der Waals surface area contributed by atoms with Gasteiger partial charge >= 0.3 is 0 Å². The van der Waals surface area contributed by atoms with Gasteiger partial charge in [0.1, 0.15) is 42.7 Å². The summed E-state index contributed by atoms with van der Waals surface area (Å²) < 4.78 is 15.3. The molecule has 0 amide bonds. The highest BCUT2D eigenvalue weighted by atomic mass is 16.7. The number of aliphatic hydroxyl groups is 7. The van der Waals surface area contributed by atoms with E-state index in [2.05, 4.69) is 0 Å². The standard InChI is InChI=1S/C12H22O10/c1-3-5(14)7(16)8(17)12(20-3)22-10-6(15)4(2-13)21-11(19)9(10)18/h3-19H,2H2,1H3/t3-,4+,5+,6-,7+,8-,9+,10-,11-,12+/m0/s1. The maximum atomic E-state index is 9.99. The molecule has 2 aliphatic heterocycles. The molecular formula is C12H22O10. The first-order valence-electron chi connectivity index (χ1n) is 6.93. The van der Waals surface area contributed by atoms with E-state index < -0.39 is 68.0 Å². The van der Waals surface area contributed by atoms with Gasteiger partial charge in [0.05, 0.1) is 12.7 Å². The van der Waals surface area contributed by atoms with Gasteiger partial charge in [0.25, 0.3) is 0 Å². The van der Waals surface area contributed by atoms with Crippen LogP contribution in [0.5, 0.6) is 0 Å². The minimum atomic E-state index is -1.71. The molecule has 2 fully saturated rings. The lowest BCUT2D eigenvalue weighted by molar-refractivity contribution is -0.352. The highest BCUT2D eigenvalue weighted by Gasteiger charge is 2.49. The molecule has 0 aliphatic carbocycles. The van der Waals surface area contributed by atoms with E-state index in [9.17, 15) is 30.6 Å². The van der Waals surface area contributed by atoms with Crippen molar-refractivity contribution in [3.05, 3.63) is 0 Å². The molecule has 2 heterocycles. The summed E-state index contributed by atoms with van der Waals surface area (Å²) in [5, 5.41) is 67.6. The smallest absolute Gasteiger partial charge is 0.187 e. The number of rotatable bonds is 3. The molecule has 2 saturated heterocycles. The second-order valence-electron chi connectivity index (χ2n) is 5.51. The van der Waals surface area contributed by atoms with E-state index in [1.165, 1.54) is 6.92 Å². The van der Waals surface area contributed by atoms with Gasteiger partial charge in [0.15, 0.2) is 12.6 Å². The molecule has 0 saturated carbocycles. The quantitative estimate of drug-likeness (QED) is 0.269. The zero-order chi connectivity index (χ0) is 16.6. The third-order valence-electron chi connectivity index (χ3n) is 3.94. The Morgan fingerprint density at radius 1 is 0.818 bits per heavy atom. The van der Waals surface area contributed by atoms with Crippen LogP contribution in [0.3, 0.4) is 0 Å². The van der Waals surface area contributed by atoms with Gasteiger partial charge in [0, 0.05) is 0 Å². The predicted molar refractivity (Wildman–Crippen MR) is 67.2 cm³/mol. The van der Waals surface area contributed by atoms with Crippen LogP contribution in [0.15, 0.2) is 0 Å². The predicted octanol–water partition coefficient (Wildman–Crippen LogP) is -4.37. The second kappa shape index (κ2) is 7.01. The van der Waals surface area contributed by atoms with E-state index in [4.69, 9.17) is 19.3 Å². The van der Waals surface area contributed by atoms with Crippen LogP contribution in [0, 0.1) is 0 Å². The summed E-state index contributed by atoms with van der Waals surface area (Å²) in [7, 11) is 0. The van der Waals surface area contributed by atoms with Crippen LogP contribution < -0.4 is 0 Å². The van der Waals surface area contributed by atoms with Gasteiger partial charge < -0.3 is 50.0 Å². The maximum absolute atomic E-state index is 9.99. The van der Waals surface area contributed by atoms with Crippen molar-refractivity contribution in [3.63, 3.8) is 0 Å². The fourth-order valence-electron chi connectivity index (χ4n) is 2.51. The molecule has 0 radical (unpaired) electrons. The first kappa shape index (κ1) is 17.9. The van der Waals surface area contributed by atoms with E-state index >= 15 is 0 Å². The molecule has 10 heteroatoms.